The molecule has 0 radical (unpaired) electrons. The minimum atomic E-state index is -0.525. The molecule has 0 unspecified atom stereocenters. The van der Waals surface area contributed by atoms with Crippen LogP contribution in [-0.2, 0) is 4.79 Å². The summed E-state index contributed by atoms with van der Waals surface area (Å²) in [5.41, 5.74) is 0.370. The van der Waals surface area contributed by atoms with Gasteiger partial charge in [-0.3, -0.25) is 4.79 Å². The fourth-order valence-electron chi connectivity index (χ4n) is 2.65. The van der Waals surface area contributed by atoms with Crippen LogP contribution in [-0.4, -0.2) is 36.5 Å². The highest BCUT2D eigenvalue weighted by atomic mass is 35.5. The van der Waals surface area contributed by atoms with E-state index in [9.17, 15) is 14.0 Å². The lowest BCUT2D eigenvalue weighted by Gasteiger charge is -2.24. The number of benzene rings is 1. The molecule has 1 aromatic rings. The Hall–Kier alpha value is -1.82. The highest BCUT2D eigenvalue weighted by Crippen LogP contribution is 2.26. The molecule has 7 heteroatoms. The van der Waals surface area contributed by atoms with Crippen LogP contribution in [0.3, 0.4) is 0 Å². The second-order valence-corrected chi connectivity index (χ2v) is 6.54. The Morgan fingerprint density at radius 2 is 2.13 bits per heavy atom. The van der Waals surface area contributed by atoms with Crippen LogP contribution in [0.25, 0.3) is 0 Å². The first kappa shape index (κ1) is 17.5. The Morgan fingerprint density at radius 1 is 1.43 bits per heavy atom. The Morgan fingerprint density at radius 3 is 2.65 bits per heavy atom. The molecule has 2 atom stereocenters. The van der Waals surface area contributed by atoms with E-state index < -0.39 is 23.9 Å². The molecular weight excluding hydrogens is 321 g/mol. The lowest BCUT2D eigenvalue weighted by atomic mass is 9.95. The fraction of sp³-hybridized carbons (Fsp3) is 0.500. The van der Waals surface area contributed by atoms with E-state index in [1.165, 1.54) is 6.07 Å². The number of likely N-dealkylation sites (tertiary alicyclic amines) is 1. The molecule has 3 amide bonds. The Balaban J connectivity index is 2.07. The number of nitrogens with one attached hydrogen (secondary N) is 2. The number of hydrogen-bond acceptors (Lipinski definition) is 2. The molecule has 1 aromatic carbocycles. The lowest BCUT2D eigenvalue weighted by Crippen LogP contribution is -2.47. The van der Waals surface area contributed by atoms with Gasteiger partial charge in [-0.1, -0.05) is 31.5 Å². The molecule has 23 heavy (non-hydrogen) atoms. The molecule has 0 aromatic heterocycles. The van der Waals surface area contributed by atoms with E-state index in [0.29, 0.717) is 23.6 Å². The maximum atomic E-state index is 14.1. The molecule has 126 valence electrons. The lowest BCUT2D eigenvalue weighted by molar-refractivity contribution is -0.128. The molecular formula is C16H21ClFN3O2. The standard InChI is InChI=1S/C16H21ClFN3O2/c1-9(2)14(11-5-4-10(17)8-12(11)18)20-16(23)19-13-6-7-21(3)15(13)22/h4-5,8-9,13-14H,6-7H2,1-3H3,(H2,19,20,23)/t13-,14+/m0/s1. The molecule has 0 saturated carbocycles. The largest absolute Gasteiger partial charge is 0.344 e. The zero-order valence-corrected chi connectivity index (χ0v) is 14.2. The van der Waals surface area contributed by atoms with Crippen LogP contribution in [0.15, 0.2) is 18.2 Å². The van der Waals surface area contributed by atoms with Crippen molar-refractivity contribution in [3.8, 4) is 0 Å². The van der Waals surface area contributed by atoms with Crippen LogP contribution >= 0.6 is 11.6 Å². The summed E-state index contributed by atoms with van der Waals surface area (Å²) in [5.74, 6) is -0.606. The van der Waals surface area contributed by atoms with Gasteiger partial charge < -0.3 is 15.5 Å². The van der Waals surface area contributed by atoms with Crippen molar-refractivity contribution < 1.29 is 14.0 Å². The maximum Gasteiger partial charge on any atom is 0.315 e. The molecule has 0 spiro atoms. The normalized spacial score (nSPS) is 19.1. The summed E-state index contributed by atoms with van der Waals surface area (Å²) < 4.78 is 14.1. The first-order chi connectivity index (χ1) is 10.8. The highest BCUT2D eigenvalue weighted by molar-refractivity contribution is 6.30. The second-order valence-electron chi connectivity index (χ2n) is 6.11. The van der Waals surface area contributed by atoms with Gasteiger partial charge in [-0.2, -0.15) is 0 Å². The predicted molar refractivity (Wildman–Crippen MR) is 86.7 cm³/mol. The minimum Gasteiger partial charge on any atom is -0.344 e. The number of amides is 3. The van der Waals surface area contributed by atoms with Gasteiger partial charge in [-0.15, -0.1) is 0 Å². The number of carbonyl (C=O) groups excluding carboxylic acids is 2. The highest BCUT2D eigenvalue weighted by Gasteiger charge is 2.31. The van der Waals surface area contributed by atoms with E-state index in [2.05, 4.69) is 10.6 Å². The topological polar surface area (TPSA) is 61.4 Å². The quantitative estimate of drug-likeness (QED) is 0.884. The Kier molecular flexibility index (Phi) is 5.46. The van der Waals surface area contributed by atoms with Crippen LogP contribution in [0.1, 0.15) is 31.9 Å². The number of likely N-dealkylation sites (N-methyl/N-ethyl adjacent to an activating group) is 1. The van der Waals surface area contributed by atoms with Crippen molar-refractivity contribution >= 4 is 23.5 Å². The molecule has 1 heterocycles. The van der Waals surface area contributed by atoms with Crippen LogP contribution in [0.4, 0.5) is 9.18 Å². The summed E-state index contributed by atoms with van der Waals surface area (Å²) in [7, 11) is 1.70. The zero-order chi connectivity index (χ0) is 17.1. The monoisotopic (exact) mass is 341 g/mol. The molecule has 1 aliphatic heterocycles. The molecule has 5 nitrogen and oxygen atoms in total. The second kappa shape index (κ2) is 7.17. The van der Waals surface area contributed by atoms with Crippen molar-refractivity contribution in [2.75, 3.05) is 13.6 Å². The van der Waals surface area contributed by atoms with E-state index >= 15 is 0 Å². The van der Waals surface area contributed by atoms with Gasteiger partial charge in [0.15, 0.2) is 0 Å². The van der Waals surface area contributed by atoms with Gasteiger partial charge in [0, 0.05) is 24.2 Å². The van der Waals surface area contributed by atoms with Crippen molar-refractivity contribution in [1.82, 2.24) is 15.5 Å². The van der Waals surface area contributed by atoms with Gasteiger partial charge in [0.1, 0.15) is 11.9 Å². The van der Waals surface area contributed by atoms with Crippen molar-refractivity contribution in [2.24, 2.45) is 5.92 Å². The van der Waals surface area contributed by atoms with Crippen LogP contribution in [0.5, 0.6) is 0 Å². The number of rotatable bonds is 4. The molecule has 1 fully saturated rings. The van der Waals surface area contributed by atoms with E-state index in [1.807, 2.05) is 13.8 Å². The molecule has 2 N–H and O–H groups in total. The van der Waals surface area contributed by atoms with Gasteiger partial charge in [0.05, 0.1) is 6.04 Å². The van der Waals surface area contributed by atoms with Gasteiger partial charge in [0.2, 0.25) is 5.91 Å². The summed E-state index contributed by atoms with van der Waals surface area (Å²) >= 11 is 5.77. The maximum absolute atomic E-state index is 14.1. The number of carbonyl (C=O) groups is 2. The van der Waals surface area contributed by atoms with Crippen LogP contribution in [0, 0.1) is 11.7 Å². The molecule has 0 aliphatic carbocycles. The van der Waals surface area contributed by atoms with Crippen molar-refractivity contribution in [3.63, 3.8) is 0 Å². The third kappa shape index (κ3) is 4.13. The van der Waals surface area contributed by atoms with E-state index in [4.69, 9.17) is 11.6 Å². The Bertz CT molecular complexity index is 609. The summed E-state index contributed by atoms with van der Waals surface area (Å²) in [5, 5.41) is 5.71. The van der Waals surface area contributed by atoms with Crippen molar-refractivity contribution in [3.05, 3.63) is 34.6 Å². The van der Waals surface area contributed by atoms with Crippen LogP contribution in [0.2, 0.25) is 5.02 Å². The van der Waals surface area contributed by atoms with Gasteiger partial charge in [0.25, 0.3) is 0 Å². The third-order valence-electron chi connectivity index (χ3n) is 3.98. The summed E-state index contributed by atoms with van der Waals surface area (Å²) in [4.78, 5) is 25.6. The third-order valence-corrected chi connectivity index (χ3v) is 4.22. The number of nitrogens with zero attached hydrogens (tertiary/aromatic N) is 1. The first-order valence-electron chi connectivity index (χ1n) is 7.56. The number of halogens is 2. The van der Waals surface area contributed by atoms with Crippen LogP contribution < -0.4 is 10.6 Å². The molecule has 1 saturated heterocycles. The average molecular weight is 342 g/mol. The molecule has 0 bridgehead atoms. The average Bonchev–Trinajstić information content (AvgIpc) is 2.77. The van der Waals surface area contributed by atoms with E-state index in [1.54, 1.807) is 24.1 Å². The zero-order valence-electron chi connectivity index (χ0n) is 13.4. The summed E-state index contributed by atoms with van der Waals surface area (Å²) in [6.07, 6.45) is 0.574. The van der Waals surface area contributed by atoms with Crippen molar-refractivity contribution in [1.29, 1.82) is 0 Å². The van der Waals surface area contributed by atoms with E-state index in [-0.39, 0.29) is 11.8 Å². The number of urea groups is 1. The van der Waals surface area contributed by atoms with Crippen molar-refractivity contribution in [2.45, 2.75) is 32.4 Å². The first-order valence-corrected chi connectivity index (χ1v) is 7.94. The number of hydrogen-bond donors (Lipinski definition) is 2. The summed E-state index contributed by atoms with van der Waals surface area (Å²) in [6.45, 7) is 4.38. The predicted octanol–water partition coefficient (Wildman–Crippen LogP) is 2.71. The minimum absolute atomic E-state index is 0.0293. The molecule has 1 aliphatic rings. The van der Waals surface area contributed by atoms with Gasteiger partial charge in [-0.05, 0) is 24.5 Å². The van der Waals surface area contributed by atoms with Gasteiger partial charge in [-0.25, -0.2) is 9.18 Å². The smallest absolute Gasteiger partial charge is 0.315 e. The fourth-order valence-corrected chi connectivity index (χ4v) is 2.81. The SMILES string of the molecule is CC(C)[C@@H](NC(=O)N[C@H]1CCN(C)C1=O)c1ccc(Cl)cc1F. The Labute approximate surface area is 140 Å². The summed E-state index contributed by atoms with van der Waals surface area (Å²) in [6, 6.07) is 2.86. The van der Waals surface area contributed by atoms with E-state index in [0.717, 1.165) is 0 Å². The van der Waals surface area contributed by atoms with Gasteiger partial charge >= 0.3 is 6.03 Å². The molecule has 2 rings (SSSR count).